The molecule has 1 atom stereocenters. The van der Waals surface area contributed by atoms with Crippen molar-refractivity contribution >= 4 is 23.0 Å². The van der Waals surface area contributed by atoms with Gasteiger partial charge in [-0.1, -0.05) is 37.6 Å². The molecule has 0 radical (unpaired) electrons. The standard InChI is InChI=1S/C22H31N3OS/c1-5-6-9-17-12-14-18(15-13-17)24-22(27)23-16-20(25(2)3)19-10-7-8-11-21(19)26-4/h7-8,10-15,20H,5-6,9,16H2,1-4H3,(H2,23,24,27)/p+1/t20-/m1/s1. The normalized spacial score (nSPS) is 11.9. The zero-order chi connectivity index (χ0) is 19.6. The van der Waals surface area contributed by atoms with E-state index in [4.69, 9.17) is 17.0 Å². The fourth-order valence-corrected chi connectivity index (χ4v) is 3.29. The van der Waals surface area contributed by atoms with Gasteiger partial charge in [0.2, 0.25) is 0 Å². The summed E-state index contributed by atoms with van der Waals surface area (Å²) in [6, 6.07) is 16.9. The highest BCUT2D eigenvalue weighted by molar-refractivity contribution is 7.80. The highest BCUT2D eigenvalue weighted by atomic mass is 32.1. The fourth-order valence-electron chi connectivity index (χ4n) is 3.09. The van der Waals surface area contributed by atoms with Crippen LogP contribution < -0.4 is 20.3 Å². The topological polar surface area (TPSA) is 37.7 Å². The molecule has 0 saturated carbocycles. The fraction of sp³-hybridized carbons (Fsp3) is 0.409. The molecule has 0 spiro atoms. The number of benzene rings is 2. The summed E-state index contributed by atoms with van der Waals surface area (Å²) in [5.74, 6) is 0.909. The molecule has 0 aliphatic rings. The molecule has 27 heavy (non-hydrogen) atoms. The van der Waals surface area contributed by atoms with Gasteiger partial charge in [-0.3, -0.25) is 0 Å². The predicted octanol–water partition coefficient (Wildman–Crippen LogP) is 3.21. The van der Waals surface area contributed by atoms with E-state index in [-0.39, 0.29) is 6.04 Å². The Kier molecular flexibility index (Phi) is 8.55. The Balaban J connectivity index is 1.94. The SMILES string of the molecule is CCCCc1ccc(NC(=S)NC[C@H](c2ccccc2OC)[NH+](C)C)cc1. The van der Waals surface area contributed by atoms with Crippen molar-refractivity contribution < 1.29 is 9.64 Å². The maximum atomic E-state index is 5.53. The molecule has 3 N–H and O–H groups in total. The molecule has 0 aromatic heterocycles. The van der Waals surface area contributed by atoms with Crippen LogP contribution in [0.15, 0.2) is 48.5 Å². The molecule has 0 saturated heterocycles. The van der Waals surface area contributed by atoms with Gasteiger partial charge in [-0.05, 0) is 54.9 Å². The van der Waals surface area contributed by atoms with Gasteiger partial charge in [0.25, 0.3) is 0 Å². The summed E-state index contributed by atoms with van der Waals surface area (Å²) >= 11 is 5.49. The number of quaternary nitrogens is 1. The van der Waals surface area contributed by atoms with Crippen LogP contribution in [-0.4, -0.2) is 32.9 Å². The number of rotatable bonds is 9. The van der Waals surface area contributed by atoms with Crippen LogP contribution in [0.5, 0.6) is 5.75 Å². The van der Waals surface area contributed by atoms with Gasteiger partial charge in [-0.15, -0.1) is 0 Å². The number of hydrogen-bond acceptors (Lipinski definition) is 2. The molecule has 0 aliphatic heterocycles. The lowest BCUT2D eigenvalue weighted by Crippen LogP contribution is -3.07. The highest BCUT2D eigenvalue weighted by Gasteiger charge is 2.21. The van der Waals surface area contributed by atoms with Crippen molar-refractivity contribution in [2.45, 2.75) is 32.2 Å². The van der Waals surface area contributed by atoms with Gasteiger partial charge in [0.1, 0.15) is 11.8 Å². The van der Waals surface area contributed by atoms with Gasteiger partial charge >= 0.3 is 0 Å². The minimum atomic E-state index is 0.234. The van der Waals surface area contributed by atoms with E-state index in [1.54, 1.807) is 7.11 Å². The monoisotopic (exact) mass is 386 g/mol. The first-order valence-corrected chi connectivity index (χ1v) is 10.0. The number of para-hydroxylation sites is 1. The van der Waals surface area contributed by atoms with E-state index < -0.39 is 0 Å². The molecule has 2 aromatic rings. The van der Waals surface area contributed by atoms with E-state index >= 15 is 0 Å². The molecule has 2 rings (SSSR count). The molecular weight excluding hydrogens is 354 g/mol. The van der Waals surface area contributed by atoms with Gasteiger partial charge < -0.3 is 20.3 Å². The largest absolute Gasteiger partial charge is 0.496 e. The molecule has 2 aromatic carbocycles. The van der Waals surface area contributed by atoms with Gasteiger partial charge in [0.05, 0.1) is 33.3 Å². The summed E-state index contributed by atoms with van der Waals surface area (Å²) in [5, 5.41) is 7.27. The van der Waals surface area contributed by atoms with E-state index in [0.29, 0.717) is 5.11 Å². The van der Waals surface area contributed by atoms with E-state index in [9.17, 15) is 0 Å². The zero-order valence-electron chi connectivity index (χ0n) is 16.8. The zero-order valence-corrected chi connectivity index (χ0v) is 17.7. The molecule has 4 nitrogen and oxygen atoms in total. The lowest BCUT2D eigenvalue weighted by Gasteiger charge is -2.24. The van der Waals surface area contributed by atoms with Crippen molar-refractivity contribution in [3.8, 4) is 5.75 Å². The Morgan fingerprint density at radius 1 is 1.11 bits per heavy atom. The van der Waals surface area contributed by atoms with Crippen molar-refractivity contribution in [3.05, 3.63) is 59.7 Å². The van der Waals surface area contributed by atoms with Crippen LogP contribution in [0.2, 0.25) is 0 Å². The van der Waals surface area contributed by atoms with Crippen molar-refractivity contribution in [1.82, 2.24) is 5.32 Å². The highest BCUT2D eigenvalue weighted by Crippen LogP contribution is 2.22. The molecular formula is C22H32N3OS+. The van der Waals surface area contributed by atoms with Gasteiger partial charge in [0, 0.05) is 5.69 Å². The number of anilines is 1. The number of hydrogen-bond donors (Lipinski definition) is 3. The average Bonchev–Trinajstić information content (AvgIpc) is 2.67. The van der Waals surface area contributed by atoms with Crippen LogP contribution in [0.3, 0.4) is 0 Å². The van der Waals surface area contributed by atoms with Crippen molar-refractivity contribution in [2.75, 3.05) is 33.1 Å². The Hall–Kier alpha value is -2.11. The third kappa shape index (κ3) is 6.52. The molecule has 0 heterocycles. The Morgan fingerprint density at radius 2 is 1.81 bits per heavy atom. The number of ether oxygens (including phenoxy) is 1. The third-order valence-corrected chi connectivity index (χ3v) is 4.96. The molecule has 0 aliphatic carbocycles. The van der Waals surface area contributed by atoms with Crippen molar-refractivity contribution in [2.24, 2.45) is 0 Å². The average molecular weight is 387 g/mol. The summed E-state index contributed by atoms with van der Waals surface area (Å²) in [6.45, 7) is 2.94. The van der Waals surface area contributed by atoms with E-state index in [0.717, 1.165) is 24.4 Å². The predicted molar refractivity (Wildman–Crippen MR) is 118 cm³/mol. The number of nitrogens with one attached hydrogen (secondary N) is 3. The van der Waals surface area contributed by atoms with Gasteiger partial charge in [-0.25, -0.2) is 0 Å². The lowest BCUT2D eigenvalue weighted by molar-refractivity contribution is -0.890. The number of thiocarbonyl (C=S) groups is 1. The smallest absolute Gasteiger partial charge is 0.171 e. The second-order valence-corrected chi connectivity index (χ2v) is 7.42. The molecule has 0 unspecified atom stereocenters. The van der Waals surface area contributed by atoms with Crippen LogP contribution in [0.4, 0.5) is 5.69 Å². The Morgan fingerprint density at radius 3 is 2.44 bits per heavy atom. The molecule has 0 fully saturated rings. The number of likely N-dealkylation sites (N-methyl/N-ethyl adjacent to an activating group) is 1. The lowest BCUT2D eigenvalue weighted by atomic mass is 10.0. The Bertz CT molecular complexity index is 716. The van der Waals surface area contributed by atoms with Crippen LogP contribution in [0, 0.1) is 0 Å². The number of aryl methyl sites for hydroxylation is 1. The van der Waals surface area contributed by atoms with Crippen molar-refractivity contribution in [3.63, 3.8) is 0 Å². The van der Waals surface area contributed by atoms with Crippen LogP contribution in [0.1, 0.15) is 36.9 Å². The second-order valence-electron chi connectivity index (χ2n) is 7.01. The summed E-state index contributed by atoms with van der Waals surface area (Å²) in [6.07, 6.45) is 3.57. The molecule has 0 bridgehead atoms. The van der Waals surface area contributed by atoms with E-state index in [2.05, 4.69) is 62.0 Å². The third-order valence-electron chi connectivity index (χ3n) is 4.71. The first kappa shape index (κ1) is 21.2. The van der Waals surface area contributed by atoms with Crippen LogP contribution in [-0.2, 0) is 6.42 Å². The van der Waals surface area contributed by atoms with Crippen LogP contribution in [0.25, 0.3) is 0 Å². The maximum Gasteiger partial charge on any atom is 0.171 e. The first-order chi connectivity index (χ1) is 13.0. The van der Waals surface area contributed by atoms with Crippen molar-refractivity contribution in [1.29, 1.82) is 0 Å². The first-order valence-electron chi connectivity index (χ1n) is 9.62. The summed E-state index contributed by atoms with van der Waals surface area (Å²) in [4.78, 5) is 1.31. The molecule has 5 heteroatoms. The maximum absolute atomic E-state index is 5.53. The van der Waals surface area contributed by atoms with Crippen LogP contribution >= 0.6 is 12.2 Å². The van der Waals surface area contributed by atoms with E-state index in [1.165, 1.54) is 28.9 Å². The van der Waals surface area contributed by atoms with E-state index in [1.807, 2.05) is 18.2 Å². The molecule has 0 amide bonds. The minimum absolute atomic E-state index is 0.234. The minimum Gasteiger partial charge on any atom is -0.496 e. The second kappa shape index (κ2) is 10.9. The number of methoxy groups -OCH3 is 1. The van der Waals surface area contributed by atoms with Gasteiger partial charge in [0.15, 0.2) is 5.11 Å². The molecule has 146 valence electrons. The van der Waals surface area contributed by atoms with Gasteiger partial charge in [-0.2, -0.15) is 0 Å². The summed E-state index contributed by atoms with van der Waals surface area (Å²) in [5.41, 5.74) is 3.56. The summed E-state index contributed by atoms with van der Waals surface area (Å²) in [7, 11) is 6.00. The Labute approximate surface area is 168 Å². The summed E-state index contributed by atoms with van der Waals surface area (Å²) < 4.78 is 5.53. The number of unbranched alkanes of at least 4 members (excludes halogenated alkanes) is 1. The quantitative estimate of drug-likeness (QED) is 0.579.